The first-order chi connectivity index (χ1) is 13.1. The molecule has 0 spiro atoms. The Balaban J connectivity index is 1.49. The molecule has 1 aromatic rings. The number of methoxy groups -OCH3 is 1. The minimum atomic E-state index is 0.272. The van der Waals surface area contributed by atoms with E-state index in [9.17, 15) is 4.79 Å². The summed E-state index contributed by atoms with van der Waals surface area (Å²) in [5.41, 5.74) is 0.538. The van der Waals surface area contributed by atoms with Crippen LogP contribution in [0.2, 0.25) is 0 Å². The summed E-state index contributed by atoms with van der Waals surface area (Å²) in [6.07, 6.45) is 7.34. The molecule has 27 heavy (non-hydrogen) atoms. The Morgan fingerprint density at radius 3 is 2.85 bits per heavy atom. The maximum absolute atomic E-state index is 12.8. The smallest absolute Gasteiger partial charge is 0.222 e. The van der Waals surface area contributed by atoms with Crippen molar-refractivity contribution in [3.63, 3.8) is 0 Å². The fraction of sp³-hybridized carbons (Fsp3) is 0.636. The summed E-state index contributed by atoms with van der Waals surface area (Å²) in [5, 5.41) is 8.96. The van der Waals surface area contributed by atoms with E-state index in [1.807, 2.05) is 0 Å². The average Bonchev–Trinajstić information content (AvgIpc) is 2.71. The lowest BCUT2D eigenvalue weighted by atomic mass is 9.72. The molecule has 0 bridgehead atoms. The number of nitrogens with zero attached hydrogens (tertiary/aromatic N) is 2. The minimum absolute atomic E-state index is 0.272. The summed E-state index contributed by atoms with van der Waals surface area (Å²) >= 11 is 0. The number of hydrogen-bond donors (Lipinski definition) is 0. The van der Waals surface area contributed by atoms with E-state index in [0.717, 1.165) is 18.9 Å². The predicted molar refractivity (Wildman–Crippen MR) is 104 cm³/mol. The van der Waals surface area contributed by atoms with Gasteiger partial charge < -0.3 is 14.4 Å². The molecular weight excluding hydrogens is 340 g/mol. The van der Waals surface area contributed by atoms with Crippen LogP contribution in [-0.4, -0.2) is 37.1 Å². The summed E-state index contributed by atoms with van der Waals surface area (Å²) in [5.74, 6) is 2.87. The van der Waals surface area contributed by atoms with Crippen LogP contribution in [0.4, 0.5) is 0 Å². The maximum atomic E-state index is 12.8. The highest BCUT2D eigenvalue weighted by Gasteiger charge is 2.38. The lowest BCUT2D eigenvalue weighted by Crippen LogP contribution is -2.52. The number of fused-ring (bicyclic) bond motifs is 1. The number of hydrogen-bond acceptors (Lipinski definition) is 4. The molecule has 0 unspecified atom stereocenters. The number of carbonyl (C=O) groups excluding carboxylic acids is 1. The van der Waals surface area contributed by atoms with Crippen LogP contribution < -0.4 is 9.47 Å². The second-order valence-electron chi connectivity index (χ2n) is 7.80. The molecule has 3 rings (SSSR count). The van der Waals surface area contributed by atoms with E-state index >= 15 is 0 Å². The fourth-order valence-electron chi connectivity index (χ4n) is 4.63. The van der Waals surface area contributed by atoms with Gasteiger partial charge >= 0.3 is 0 Å². The van der Waals surface area contributed by atoms with Crippen molar-refractivity contribution in [2.45, 2.75) is 57.9 Å². The standard InChI is InChI=1S/C22H30N2O3/c1-16-11-12-24(19-7-4-3-6-18(16)19)22(25)8-5-13-27-20-10-9-17(15-23)14-21(20)26-2/h9-10,14,16,18-19H,3-8,11-13H2,1-2H3/t16-,18-,19-/m0/s1. The van der Waals surface area contributed by atoms with E-state index in [2.05, 4.69) is 17.9 Å². The van der Waals surface area contributed by atoms with Crippen LogP contribution >= 0.6 is 0 Å². The number of amides is 1. The van der Waals surface area contributed by atoms with Crippen molar-refractivity contribution in [1.29, 1.82) is 5.26 Å². The zero-order chi connectivity index (χ0) is 19.2. The van der Waals surface area contributed by atoms with Gasteiger partial charge in [0.15, 0.2) is 11.5 Å². The Morgan fingerprint density at radius 1 is 1.26 bits per heavy atom. The van der Waals surface area contributed by atoms with Gasteiger partial charge in [-0.2, -0.15) is 5.26 Å². The third kappa shape index (κ3) is 4.55. The monoisotopic (exact) mass is 370 g/mol. The van der Waals surface area contributed by atoms with Gasteiger partial charge in [0.2, 0.25) is 5.91 Å². The van der Waals surface area contributed by atoms with Crippen LogP contribution in [0.1, 0.15) is 57.4 Å². The molecule has 5 nitrogen and oxygen atoms in total. The quantitative estimate of drug-likeness (QED) is 0.706. The van der Waals surface area contributed by atoms with E-state index < -0.39 is 0 Å². The van der Waals surface area contributed by atoms with Crippen molar-refractivity contribution in [2.75, 3.05) is 20.3 Å². The molecular formula is C22H30N2O3. The predicted octanol–water partition coefficient (Wildman–Crippen LogP) is 4.15. The number of benzene rings is 1. The van der Waals surface area contributed by atoms with E-state index in [-0.39, 0.29) is 5.91 Å². The van der Waals surface area contributed by atoms with Crippen molar-refractivity contribution in [2.24, 2.45) is 11.8 Å². The van der Waals surface area contributed by atoms with Gasteiger partial charge in [-0.25, -0.2) is 0 Å². The van der Waals surface area contributed by atoms with E-state index in [0.29, 0.717) is 48.5 Å². The average molecular weight is 370 g/mol. The third-order valence-corrected chi connectivity index (χ3v) is 6.14. The summed E-state index contributed by atoms with van der Waals surface area (Å²) in [4.78, 5) is 14.9. The van der Waals surface area contributed by atoms with Crippen LogP contribution in [0, 0.1) is 23.2 Å². The largest absolute Gasteiger partial charge is 0.493 e. The highest BCUT2D eigenvalue weighted by molar-refractivity contribution is 5.76. The summed E-state index contributed by atoms with van der Waals surface area (Å²) in [7, 11) is 1.56. The molecule has 2 aliphatic rings. The van der Waals surface area contributed by atoms with Gasteiger partial charge in [-0.1, -0.05) is 19.8 Å². The van der Waals surface area contributed by atoms with Crippen molar-refractivity contribution in [1.82, 2.24) is 4.90 Å². The van der Waals surface area contributed by atoms with Crippen LogP contribution in [0.15, 0.2) is 18.2 Å². The first-order valence-electron chi connectivity index (χ1n) is 10.1. The van der Waals surface area contributed by atoms with Crippen LogP contribution in [0.3, 0.4) is 0 Å². The zero-order valence-electron chi connectivity index (χ0n) is 16.4. The van der Waals surface area contributed by atoms with Gasteiger partial charge in [0, 0.05) is 25.1 Å². The molecule has 1 saturated carbocycles. The lowest BCUT2D eigenvalue weighted by Gasteiger charge is -2.47. The molecule has 0 N–H and O–H groups in total. The molecule has 1 aromatic carbocycles. The Hall–Kier alpha value is -2.22. The highest BCUT2D eigenvalue weighted by Crippen LogP contribution is 2.39. The van der Waals surface area contributed by atoms with Crippen LogP contribution in [-0.2, 0) is 4.79 Å². The number of rotatable bonds is 6. The molecule has 1 amide bonds. The van der Waals surface area contributed by atoms with Gasteiger partial charge in [0.1, 0.15) is 0 Å². The van der Waals surface area contributed by atoms with Crippen LogP contribution in [0.5, 0.6) is 11.5 Å². The van der Waals surface area contributed by atoms with E-state index in [4.69, 9.17) is 14.7 Å². The summed E-state index contributed by atoms with van der Waals surface area (Å²) < 4.78 is 11.1. The lowest BCUT2D eigenvalue weighted by molar-refractivity contribution is -0.139. The number of ether oxygens (including phenoxy) is 2. The van der Waals surface area contributed by atoms with Gasteiger partial charge in [-0.15, -0.1) is 0 Å². The van der Waals surface area contributed by atoms with E-state index in [1.165, 1.54) is 25.7 Å². The van der Waals surface area contributed by atoms with Gasteiger partial charge in [-0.3, -0.25) is 4.79 Å². The summed E-state index contributed by atoms with van der Waals surface area (Å²) in [6, 6.07) is 7.66. The zero-order valence-corrected chi connectivity index (χ0v) is 16.4. The molecule has 2 fully saturated rings. The Labute approximate surface area is 162 Å². The maximum Gasteiger partial charge on any atom is 0.222 e. The van der Waals surface area contributed by atoms with Gasteiger partial charge in [-0.05, 0) is 49.7 Å². The first kappa shape index (κ1) is 19.5. The SMILES string of the molecule is COc1cc(C#N)ccc1OCCCC(=O)N1CC[C@H](C)[C@@H]2CCCC[C@@H]21. The van der Waals surface area contributed by atoms with Crippen molar-refractivity contribution < 1.29 is 14.3 Å². The molecule has 146 valence electrons. The number of carbonyl (C=O) groups is 1. The molecule has 1 saturated heterocycles. The molecule has 0 aromatic heterocycles. The second kappa shape index (κ2) is 9.12. The van der Waals surface area contributed by atoms with Crippen molar-refractivity contribution >= 4 is 5.91 Å². The Kier molecular flexibility index (Phi) is 6.60. The highest BCUT2D eigenvalue weighted by atomic mass is 16.5. The van der Waals surface area contributed by atoms with Crippen LogP contribution in [0.25, 0.3) is 0 Å². The van der Waals surface area contributed by atoms with Gasteiger partial charge in [0.25, 0.3) is 0 Å². The Bertz CT molecular complexity index is 697. The fourth-order valence-corrected chi connectivity index (χ4v) is 4.63. The molecule has 1 aliphatic heterocycles. The van der Waals surface area contributed by atoms with Gasteiger partial charge in [0.05, 0.1) is 25.3 Å². The molecule has 1 heterocycles. The molecule has 3 atom stereocenters. The third-order valence-electron chi connectivity index (χ3n) is 6.14. The van der Waals surface area contributed by atoms with Crippen molar-refractivity contribution in [3.8, 4) is 17.6 Å². The number of likely N-dealkylation sites (tertiary alicyclic amines) is 1. The second-order valence-corrected chi connectivity index (χ2v) is 7.80. The number of piperidine rings is 1. The number of nitriles is 1. The Morgan fingerprint density at radius 2 is 2.07 bits per heavy atom. The topological polar surface area (TPSA) is 62.6 Å². The normalized spacial score (nSPS) is 24.6. The summed E-state index contributed by atoms with van der Waals surface area (Å²) in [6.45, 7) is 3.72. The van der Waals surface area contributed by atoms with Crippen molar-refractivity contribution in [3.05, 3.63) is 23.8 Å². The molecule has 0 radical (unpaired) electrons. The first-order valence-corrected chi connectivity index (χ1v) is 10.1. The molecule has 5 heteroatoms. The minimum Gasteiger partial charge on any atom is -0.493 e. The van der Waals surface area contributed by atoms with E-state index in [1.54, 1.807) is 25.3 Å². The molecule has 1 aliphatic carbocycles.